The summed E-state index contributed by atoms with van der Waals surface area (Å²) in [5.74, 6) is 0. The van der Waals surface area contributed by atoms with Gasteiger partial charge in [0.25, 0.3) is 0 Å². The van der Waals surface area contributed by atoms with Gasteiger partial charge in [0.1, 0.15) is 11.0 Å². The molecule has 0 radical (unpaired) electrons. The normalized spacial score (nSPS) is 15.3. The average molecular weight is 674 g/mol. The Balaban J connectivity index is 1.21. The fraction of sp³-hybridized carbons (Fsp3) is 0.120. The molecule has 0 saturated heterocycles. The predicted molar refractivity (Wildman–Crippen MR) is 224 cm³/mol. The lowest BCUT2D eigenvalue weighted by Crippen LogP contribution is -2.17. The first-order valence-electron chi connectivity index (χ1n) is 18.4. The van der Waals surface area contributed by atoms with Crippen molar-refractivity contribution in [2.45, 2.75) is 32.6 Å². The topological polar surface area (TPSA) is 25.2 Å². The number of fused-ring (bicyclic) bond motifs is 4. The van der Waals surface area contributed by atoms with Gasteiger partial charge in [-0.2, -0.15) is 0 Å². The van der Waals surface area contributed by atoms with Crippen molar-refractivity contribution in [3.8, 4) is 22.3 Å². The third kappa shape index (κ3) is 6.45. The molecule has 2 aliphatic carbocycles. The highest BCUT2D eigenvalue weighted by molar-refractivity contribution is 6.09. The molecule has 2 heteroatoms. The molecule has 52 heavy (non-hydrogen) atoms. The number of para-hydroxylation sites is 1. The molecule has 2 nitrogen and oxygen atoms in total. The molecule has 1 heterocycles. The first-order chi connectivity index (χ1) is 25.7. The maximum Gasteiger partial charge on any atom is 0.135 e. The van der Waals surface area contributed by atoms with Gasteiger partial charge in [-0.1, -0.05) is 152 Å². The van der Waals surface area contributed by atoms with Gasteiger partial charge in [0, 0.05) is 23.3 Å². The average Bonchev–Trinajstić information content (AvgIpc) is 3.49. The standard InChI is InChI=1S/C50H43NO/c1-3-18-39(34-51-32-15-14-23-40-35(2)52-48-31-13-12-25-43(40)48)50-46-27-7-5-4-6-26-44(46)49(45-28-10-11-29-47(45)50)38-22-16-21-37(33-38)42-30-17-20-36-19-8-9-24-41(36)42/h3,5-7,9-18,20-26,28-31,33-34,51H,2,4,8,19,27,32H2,1H3/b7-5?,15-14-,18-3-,26-6-,39-34+,40-23+. The quantitative estimate of drug-likeness (QED) is 0.0988. The van der Waals surface area contributed by atoms with Crippen molar-refractivity contribution in [2.75, 3.05) is 6.54 Å². The summed E-state index contributed by atoms with van der Waals surface area (Å²) < 4.78 is 5.84. The zero-order valence-electron chi connectivity index (χ0n) is 29.7. The van der Waals surface area contributed by atoms with Gasteiger partial charge in [-0.25, -0.2) is 0 Å². The number of hydrogen-bond donors (Lipinski definition) is 1. The number of furan rings is 1. The van der Waals surface area contributed by atoms with E-state index in [1.165, 1.54) is 66.4 Å². The molecule has 6 aromatic rings. The number of aryl methyl sites for hydroxylation is 1. The van der Waals surface area contributed by atoms with E-state index in [0.29, 0.717) is 12.0 Å². The van der Waals surface area contributed by atoms with Crippen LogP contribution in [0.15, 0.2) is 150 Å². The van der Waals surface area contributed by atoms with E-state index in [4.69, 9.17) is 4.42 Å². The lowest BCUT2D eigenvalue weighted by molar-refractivity contribution is 0.577. The molecule has 5 aromatic carbocycles. The van der Waals surface area contributed by atoms with Crippen LogP contribution >= 0.6 is 0 Å². The number of hydrogen-bond acceptors (Lipinski definition) is 2. The third-order valence-corrected chi connectivity index (χ3v) is 10.2. The Kier molecular flexibility index (Phi) is 9.54. The van der Waals surface area contributed by atoms with Crippen LogP contribution in [-0.2, 0) is 12.8 Å². The van der Waals surface area contributed by atoms with Gasteiger partial charge in [0.2, 0.25) is 0 Å². The van der Waals surface area contributed by atoms with E-state index in [1.807, 2.05) is 18.2 Å². The molecular formula is C50H43NO. The van der Waals surface area contributed by atoms with Crippen LogP contribution < -0.4 is 16.0 Å². The molecule has 0 saturated carbocycles. The van der Waals surface area contributed by atoms with Crippen molar-refractivity contribution >= 4 is 52.1 Å². The molecule has 8 rings (SSSR count). The van der Waals surface area contributed by atoms with Crippen LogP contribution in [0.1, 0.15) is 47.6 Å². The molecule has 0 bridgehead atoms. The van der Waals surface area contributed by atoms with E-state index in [-0.39, 0.29) is 0 Å². The van der Waals surface area contributed by atoms with Gasteiger partial charge < -0.3 is 9.73 Å². The lowest BCUT2D eigenvalue weighted by atomic mass is 9.81. The molecule has 0 aliphatic heterocycles. The first kappa shape index (κ1) is 33.0. The largest absolute Gasteiger partial charge is 0.457 e. The van der Waals surface area contributed by atoms with Crippen molar-refractivity contribution in [3.05, 3.63) is 184 Å². The van der Waals surface area contributed by atoms with Gasteiger partial charge in [-0.05, 0) is 111 Å². The van der Waals surface area contributed by atoms with E-state index in [0.717, 1.165) is 41.9 Å². The molecule has 0 amide bonds. The number of nitrogens with one attached hydrogen (secondary N) is 1. The Morgan fingerprint density at radius 3 is 2.52 bits per heavy atom. The molecule has 0 spiro atoms. The van der Waals surface area contributed by atoms with Crippen LogP contribution in [0.5, 0.6) is 0 Å². The molecule has 0 fully saturated rings. The molecule has 0 atom stereocenters. The Hall–Kier alpha value is -6.12. The zero-order valence-corrected chi connectivity index (χ0v) is 29.7. The highest BCUT2D eigenvalue weighted by Gasteiger charge is 2.21. The minimum atomic E-state index is 0.684. The van der Waals surface area contributed by atoms with Crippen molar-refractivity contribution in [2.24, 2.45) is 0 Å². The van der Waals surface area contributed by atoms with Crippen LogP contribution in [0.2, 0.25) is 0 Å². The summed E-state index contributed by atoms with van der Waals surface area (Å²) in [7, 11) is 0. The summed E-state index contributed by atoms with van der Waals surface area (Å²) in [6.45, 7) is 6.88. The summed E-state index contributed by atoms with van der Waals surface area (Å²) in [4.78, 5) is 0. The maximum absolute atomic E-state index is 5.84. The summed E-state index contributed by atoms with van der Waals surface area (Å²) >= 11 is 0. The zero-order chi connectivity index (χ0) is 35.3. The van der Waals surface area contributed by atoms with Gasteiger partial charge in [-0.3, -0.25) is 0 Å². The molecule has 1 N–H and O–H groups in total. The first-order valence-corrected chi connectivity index (χ1v) is 18.4. The number of benzene rings is 5. The Labute approximate surface area is 306 Å². The maximum atomic E-state index is 5.84. The minimum absolute atomic E-state index is 0.684. The van der Waals surface area contributed by atoms with Crippen molar-refractivity contribution < 1.29 is 4.42 Å². The van der Waals surface area contributed by atoms with Crippen LogP contribution in [0, 0.1) is 0 Å². The third-order valence-electron chi connectivity index (χ3n) is 10.2. The molecule has 0 unspecified atom stereocenters. The highest BCUT2D eigenvalue weighted by Crippen LogP contribution is 2.43. The van der Waals surface area contributed by atoms with E-state index in [9.17, 15) is 0 Å². The lowest BCUT2D eigenvalue weighted by Gasteiger charge is -2.23. The highest BCUT2D eigenvalue weighted by atomic mass is 16.3. The van der Waals surface area contributed by atoms with Crippen LogP contribution in [-0.4, -0.2) is 6.54 Å². The SMILES string of the molecule is C=c1oc2ccccc2/c1=C/C=C\CN/C=C(\C=C/C)c1c2c(c(-c3cccc(-c4cccc5c4C=CCC5)c3)c3ccccc13)/C=C\CC=CC2. The summed E-state index contributed by atoms with van der Waals surface area (Å²) in [6, 6.07) is 33.0. The molecule has 254 valence electrons. The van der Waals surface area contributed by atoms with Gasteiger partial charge in [-0.15, -0.1) is 0 Å². The fourth-order valence-corrected chi connectivity index (χ4v) is 7.82. The summed E-state index contributed by atoms with van der Waals surface area (Å²) in [5.41, 5.74) is 14.5. The Morgan fingerprint density at radius 2 is 1.62 bits per heavy atom. The minimum Gasteiger partial charge on any atom is -0.457 e. The number of rotatable bonds is 8. The van der Waals surface area contributed by atoms with Crippen molar-refractivity contribution in [1.29, 1.82) is 0 Å². The van der Waals surface area contributed by atoms with E-state index >= 15 is 0 Å². The monoisotopic (exact) mass is 673 g/mol. The van der Waals surface area contributed by atoms with E-state index < -0.39 is 0 Å². The van der Waals surface area contributed by atoms with Crippen LogP contribution in [0.4, 0.5) is 0 Å². The second-order valence-corrected chi connectivity index (χ2v) is 13.4. The fourth-order valence-electron chi connectivity index (χ4n) is 7.82. The molecular weight excluding hydrogens is 631 g/mol. The van der Waals surface area contributed by atoms with Crippen LogP contribution in [0.25, 0.3) is 74.4 Å². The second-order valence-electron chi connectivity index (χ2n) is 13.4. The summed E-state index contributed by atoms with van der Waals surface area (Å²) in [5, 5.41) is 8.22. The van der Waals surface area contributed by atoms with Gasteiger partial charge >= 0.3 is 0 Å². The second kappa shape index (κ2) is 15.0. The van der Waals surface area contributed by atoms with Gasteiger partial charge in [0.05, 0.1) is 0 Å². The Bertz CT molecular complexity index is 2600. The van der Waals surface area contributed by atoms with E-state index in [1.54, 1.807) is 0 Å². The molecule has 2 aliphatic rings. The smallest absolute Gasteiger partial charge is 0.135 e. The van der Waals surface area contributed by atoms with E-state index in [2.05, 4.69) is 165 Å². The number of allylic oxidation sites excluding steroid dienone is 8. The predicted octanol–water partition coefficient (Wildman–Crippen LogP) is 11.3. The van der Waals surface area contributed by atoms with Crippen LogP contribution in [0.3, 0.4) is 0 Å². The Morgan fingerprint density at radius 1 is 0.808 bits per heavy atom. The molecule has 1 aromatic heterocycles. The van der Waals surface area contributed by atoms with Crippen molar-refractivity contribution in [1.82, 2.24) is 5.32 Å². The summed E-state index contributed by atoms with van der Waals surface area (Å²) in [6.07, 6.45) is 30.7. The van der Waals surface area contributed by atoms with Gasteiger partial charge in [0.15, 0.2) is 0 Å². The van der Waals surface area contributed by atoms with Crippen molar-refractivity contribution in [3.63, 3.8) is 0 Å².